The van der Waals surface area contributed by atoms with Gasteiger partial charge in [-0.15, -0.1) is 0 Å². The first-order valence-electron chi connectivity index (χ1n) is 12.3. The molecule has 8 nitrogen and oxygen atoms in total. The molecule has 2 aromatic carbocycles. The summed E-state index contributed by atoms with van der Waals surface area (Å²) in [5.74, 6) is 0.148. The van der Waals surface area contributed by atoms with Crippen molar-refractivity contribution in [2.24, 2.45) is 0 Å². The Balaban J connectivity index is 1.23. The highest BCUT2D eigenvalue weighted by atomic mass is 19.1. The Bertz CT molecular complexity index is 1380. The highest BCUT2D eigenvalue weighted by molar-refractivity contribution is 5.93. The number of fused-ring (bicyclic) bond motifs is 2. The van der Waals surface area contributed by atoms with E-state index in [4.69, 9.17) is 14.0 Å². The molecule has 2 aliphatic heterocycles. The zero-order chi connectivity index (χ0) is 24.9. The zero-order valence-electron chi connectivity index (χ0n) is 20.8. The number of benzene rings is 2. The SMILES string of the molecule is COCCOc1cc2[nH]nc(-c3cc(-c4ccc(N5CC[C@@H]6N(C)CC[C@@]65C)cc4)no3)c2cc1F. The summed E-state index contributed by atoms with van der Waals surface area (Å²) in [6, 6.07) is 13.9. The van der Waals surface area contributed by atoms with Crippen molar-refractivity contribution in [1.82, 2.24) is 20.3 Å². The third-order valence-corrected chi connectivity index (χ3v) is 7.84. The number of aromatic nitrogens is 3. The van der Waals surface area contributed by atoms with Gasteiger partial charge in [-0.05, 0) is 45.0 Å². The second-order valence-corrected chi connectivity index (χ2v) is 9.91. The normalized spacial score (nSPS) is 22.0. The molecule has 0 amide bonds. The summed E-state index contributed by atoms with van der Waals surface area (Å²) in [5, 5.41) is 12.1. The maximum atomic E-state index is 14.6. The highest BCUT2D eigenvalue weighted by Crippen LogP contribution is 2.43. The van der Waals surface area contributed by atoms with Crippen LogP contribution in [0.1, 0.15) is 19.8 Å². The number of halogens is 1. The molecule has 4 aromatic rings. The van der Waals surface area contributed by atoms with Crippen molar-refractivity contribution in [2.45, 2.75) is 31.3 Å². The first-order chi connectivity index (χ1) is 17.5. The molecule has 0 radical (unpaired) electrons. The first-order valence-corrected chi connectivity index (χ1v) is 12.3. The molecule has 0 aliphatic carbocycles. The number of H-pyrrole nitrogens is 1. The molecule has 9 heteroatoms. The minimum atomic E-state index is -0.470. The Morgan fingerprint density at radius 1 is 1.17 bits per heavy atom. The van der Waals surface area contributed by atoms with Crippen molar-refractivity contribution in [1.29, 1.82) is 0 Å². The van der Waals surface area contributed by atoms with E-state index >= 15 is 0 Å². The van der Waals surface area contributed by atoms with Crippen LogP contribution in [-0.4, -0.2) is 72.3 Å². The molecule has 36 heavy (non-hydrogen) atoms. The third-order valence-electron chi connectivity index (χ3n) is 7.84. The van der Waals surface area contributed by atoms with Crippen LogP contribution in [0.4, 0.5) is 10.1 Å². The van der Waals surface area contributed by atoms with Crippen LogP contribution in [0.25, 0.3) is 33.6 Å². The number of likely N-dealkylation sites (N-methyl/N-ethyl adjacent to an activating group) is 1. The lowest BCUT2D eigenvalue weighted by Gasteiger charge is -2.37. The van der Waals surface area contributed by atoms with Crippen LogP contribution >= 0.6 is 0 Å². The Morgan fingerprint density at radius 3 is 2.81 bits per heavy atom. The van der Waals surface area contributed by atoms with E-state index in [0.29, 0.717) is 40.7 Å². The third kappa shape index (κ3) is 3.74. The number of nitrogens with zero attached hydrogens (tertiary/aromatic N) is 4. The largest absolute Gasteiger partial charge is 0.488 e. The summed E-state index contributed by atoms with van der Waals surface area (Å²) in [6.45, 7) is 5.24. The Morgan fingerprint density at radius 2 is 2.00 bits per heavy atom. The van der Waals surface area contributed by atoms with Gasteiger partial charge in [0, 0.05) is 55.0 Å². The molecule has 2 saturated heterocycles. The molecule has 188 valence electrons. The van der Waals surface area contributed by atoms with Gasteiger partial charge in [-0.1, -0.05) is 17.3 Å². The molecule has 6 rings (SSSR count). The Hall–Kier alpha value is -3.43. The fourth-order valence-corrected chi connectivity index (χ4v) is 5.86. The summed E-state index contributed by atoms with van der Waals surface area (Å²) in [4.78, 5) is 5.04. The molecule has 4 heterocycles. The van der Waals surface area contributed by atoms with Crippen molar-refractivity contribution in [3.8, 4) is 28.5 Å². The number of nitrogens with one attached hydrogen (secondary N) is 1. The number of anilines is 1. The van der Waals surface area contributed by atoms with Gasteiger partial charge in [0.05, 0.1) is 17.7 Å². The number of rotatable bonds is 7. The highest BCUT2D eigenvalue weighted by Gasteiger charge is 2.50. The number of ether oxygens (including phenoxy) is 2. The summed E-state index contributed by atoms with van der Waals surface area (Å²) in [5.41, 5.74) is 4.24. The quantitative estimate of drug-likeness (QED) is 0.375. The molecular formula is C27H30FN5O3. The molecule has 2 fully saturated rings. The predicted octanol–water partition coefficient (Wildman–Crippen LogP) is 4.72. The number of hydrogen-bond acceptors (Lipinski definition) is 7. The fourth-order valence-electron chi connectivity index (χ4n) is 5.86. The van der Waals surface area contributed by atoms with Gasteiger partial charge in [0.25, 0.3) is 0 Å². The van der Waals surface area contributed by atoms with E-state index in [1.54, 1.807) is 13.2 Å². The monoisotopic (exact) mass is 491 g/mol. The summed E-state index contributed by atoms with van der Waals surface area (Å²) >= 11 is 0. The van der Waals surface area contributed by atoms with Crippen LogP contribution < -0.4 is 9.64 Å². The van der Waals surface area contributed by atoms with Crippen LogP contribution in [0.5, 0.6) is 5.75 Å². The van der Waals surface area contributed by atoms with Gasteiger partial charge < -0.3 is 23.8 Å². The van der Waals surface area contributed by atoms with Crippen molar-refractivity contribution in [3.05, 3.63) is 48.3 Å². The lowest BCUT2D eigenvalue weighted by atomic mass is 9.93. The molecule has 0 saturated carbocycles. The number of methoxy groups -OCH3 is 1. The number of aromatic amines is 1. The Kier molecular flexibility index (Phi) is 5.69. The number of likely N-dealkylation sites (tertiary alicyclic amines) is 1. The summed E-state index contributed by atoms with van der Waals surface area (Å²) in [7, 11) is 3.80. The maximum Gasteiger partial charge on any atom is 0.188 e. The van der Waals surface area contributed by atoms with Crippen LogP contribution in [0.15, 0.2) is 47.0 Å². The van der Waals surface area contributed by atoms with E-state index in [2.05, 4.69) is 63.4 Å². The van der Waals surface area contributed by atoms with Gasteiger partial charge in [0.1, 0.15) is 18.0 Å². The van der Waals surface area contributed by atoms with Gasteiger partial charge in [-0.3, -0.25) is 5.10 Å². The smallest absolute Gasteiger partial charge is 0.188 e. The van der Waals surface area contributed by atoms with Crippen LogP contribution in [0.2, 0.25) is 0 Å². The molecule has 0 unspecified atom stereocenters. The number of hydrogen-bond donors (Lipinski definition) is 1. The van der Waals surface area contributed by atoms with Crippen LogP contribution in [0, 0.1) is 5.82 Å². The second-order valence-electron chi connectivity index (χ2n) is 9.91. The average molecular weight is 492 g/mol. The van der Waals surface area contributed by atoms with E-state index in [0.717, 1.165) is 18.7 Å². The second kappa shape index (κ2) is 8.90. The van der Waals surface area contributed by atoms with Crippen LogP contribution in [-0.2, 0) is 4.74 Å². The molecule has 2 aliphatic rings. The van der Waals surface area contributed by atoms with Crippen molar-refractivity contribution in [2.75, 3.05) is 45.4 Å². The topological polar surface area (TPSA) is 79.7 Å². The van der Waals surface area contributed by atoms with E-state index < -0.39 is 5.82 Å². The van der Waals surface area contributed by atoms with E-state index in [1.165, 1.54) is 24.6 Å². The lowest BCUT2D eigenvalue weighted by Crippen LogP contribution is -2.47. The minimum absolute atomic E-state index is 0.149. The maximum absolute atomic E-state index is 14.6. The molecular weight excluding hydrogens is 461 g/mol. The van der Waals surface area contributed by atoms with Gasteiger partial charge >= 0.3 is 0 Å². The first kappa shape index (κ1) is 23.0. The summed E-state index contributed by atoms with van der Waals surface area (Å²) in [6.07, 6.45) is 2.38. The average Bonchev–Trinajstić information content (AvgIpc) is 3.64. The van der Waals surface area contributed by atoms with Crippen LogP contribution in [0.3, 0.4) is 0 Å². The van der Waals surface area contributed by atoms with E-state index in [1.807, 2.05) is 6.07 Å². The van der Waals surface area contributed by atoms with E-state index in [9.17, 15) is 4.39 Å². The standard InChI is InChI=1S/C27H30FN5O3/c1-27-9-11-32(2)25(27)8-10-33(27)18-6-4-17(5-7-18)21-15-24(36-31-21)26-19-14-20(28)23(35-13-12-34-3)16-22(19)29-30-26/h4-7,14-16,25H,8-13H2,1-3H3,(H,29,30)/t25-,27-/m0/s1. The zero-order valence-corrected chi connectivity index (χ0v) is 20.8. The minimum Gasteiger partial charge on any atom is -0.488 e. The lowest BCUT2D eigenvalue weighted by molar-refractivity contribution is 0.144. The van der Waals surface area contributed by atoms with E-state index in [-0.39, 0.29) is 17.9 Å². The molecule has 2 aromatic heterocycles. The predicted molar refractivity (Wildman–Crippen MR) is 136 cm³/mol. The molecule has 1 N–H and O–H groups in total. The Labute approximate surface area is 209 Å². The van der Waals surface area contributed by atoms with Crippen molar-refractivity contribution in [3.63, 3.8) is 0 Å². The molecule has 0 spiro atoms. The molecule has 2 atom stereocenters. The van der Waals surface area contributed by atoms with Crippen molar-refractivity contribution < 1.29 is 18.4 Å². The van der Waals surface area contributed by atoms with Crippen molar-refractivity contribution >= 4 is 16.6 Å². The molecule has 0 bridgehead atoms. The fraction of sp³-hybridized carbons (Fsp3) is 0.407. The van der Waals surface area contributed by atoms with Gasteiger partial charge in [-0.2, -0.15) is 5.10 Å². The van der Waals surface area contributed by atoms with Gasteiger partial charge in [-0.25, -0.2) is 4.39 Å². The van der Waals surface area contributed by atoms with Gasteiger partial charge in [0.15, 0.2) is 17.3 Å². The van der Waals surface area contributed by atoms with Gasteiger partial charge in [0.2, 0.25) is 0 Å². The summed E-state index contributed by atoms with van der Waals surface area (Å²) < 4.78 is 30.7.